The molecule has 116 valence electrons. The van der Waals surface area contributed by atoms with E-state index in [-0.39, 0.29) is 6.03 Å². The highest BCUT2D eigenvalue weighted by atomic mass is 16.7. The Kier molecular flexibility index (Phi) is 5.87. The molecule has 1 N–H and O–H groups in total. The number of carbonyl (C=O) groups excluding carboxylic acids is 1. The first-order valence-corrected chi connectivity index (χ1v) is 7.50. The Morgan fingerprint density at radius 3 is 2.76 bits per heavy atom. The minimum absolute atomic E-state index is 0.128. The third-order valence-corrected chi connectivity index (χ3v) is 3.57. The van der Waals surface area contributed by atoms with Crippen LogP contribution in [0.1, 0.15) is 25.3 Å². The minimum atomic E-state index is -0.128. The monoisotopic (exact) mass is 292 g/mol. The van der Waals surface area contributed by atoms with Crippen molar-refractivity contribution in [1.82, 2.24) is 10.4 Å². The van der Waals surface area contributed by atoms with Crippen LogP contribution in [-0.4, -0.2) is 37.9 Å². The van der Waals surface area contributed by atoms with Crippen molar-refractivity contribution in [3.8, 4) is 5.75 Å². The SMILES string of the molecule is COc1ccc(CC(C)CNC(=O)N2CCCCO2)cc1. The van der Waals surface area contributed by atoms with Crippen LogP contribution in [-0.2, 0) is 11.3 Å². The fraction of sp³-hybridized carbons (Fsp3) is 0.562. The summed E-state index contributed by atoms with van der Waals surface area (Å²) in [6, 6.07) is 7.91. The Morgan fingerprint density at radius 1 is 1.38 bits per heavy atom. The molecule has 1 atom stereocenters. The van der Waals surface area contributed by atoms with E-state index < -0.39 is 0 Å². The van der Waals surface area contributed by atoms with Gasteiger partial charge in [-0.15, -0.1) is 0 Å². The Bertz CT molecular complexity index is 441. The van der Waals surface area contributed by atoms with E-state index in [4.69, 9.17) is 9.57 Å². The standard InChI is InChI=1S/C16H24N2O3/c1-13(11-14-5-7-15(20-2)8-6-14)12-17-16(19)18-9-3-4-10-21-18/h5-8,13H,3-4,9-12H2,1-2H3,(H,17,19). The maximum absolute atomic E-state index is 11.9. The molecule has 0 spiro atoms. The molecule has 1 fully saturated rings. The molecule has 1 saturated heterocycles. The maximum atomic E-state index is 11.9. The van der Waals surface area contributed by atoms with Gasteiger partial charge in [0.25, 0.3) is 0 Å². The number of nitrogens with zero attached hydrogens (tertiary/aromatic N) is 1. The molecule has 5 nitrogen and oxygen atoms in total. The molecule has 1 aromatic carbocycles. The molecule has 0 aliphatic carbocycles. The van der Waals surface area contributed by atoms with Crippen molar-refractivity contribution in [3.63, 3.8) is 0 Å². The van der Waals surface area contributed by atoms with Gasteiger partial charge in [-0.3, -0.25) is 4.84 Å². The van der Waals surface area contributed by atoms with Crippen LogP contribution in [0.5, 0.6) is 5.75 Å². The van der Waals surface area contributed by atoms with E-state index in [9.17, 15) is 4.79 Å². The first-order valence-electron chi connectivity index (χ1n) is 7.50. The van der Waals surface area contributed by atoms with Gasteiger partial charge in [0.15, 0.2) is 0 Å². The molecular formula is C16H24N2O3. The summed E-state index contributed by atoms with van der Waals surface area (Å²) in [5, 5.41) is 4.37. The summed E-state index contributed by atoms with van der Waals surface area (Å²) < 4.78 is 5.14. The van der Waals surface area contributed by atoms with Gasteiger partial charge in [0, 0.05) is 6.54 Å². The number of benzene rings is 1. The molecule has 0 aromatic heterocycles. The third kappa shape index (κ3) is 4.93. The first kappa shape index (κ1) is 15.6. The van der Waals surface area contributed by atoms with Crippen molar-refractivity contribution in [2.45, 2.75) is 26.2 Å². The number of hydrogen-bond donors (Lipinski definition) is 1. The third-order valence-electron chi connectivity index (χ3n) is 3.57. The van der Waals surface area contributed by atoms with Crippen molar-refractivity contribution < 1.29 is 14.4 Å². The number of methoxy groups -OCH3 is 1. The predicted molar refractivity (Wildman–Crippen MR) is 81.2 cm³/mol. The van der Waals surface area contributed by atoms with E-state index in [1.165, 1.54) is 10.6 Å². The first-order chi connectivity index (χ1) is 10.2. The summed E-state index contributed by atoms with van der Waals surface area (Å²) in [4.78, 5) is 17.2. The summed E-state index contributed by atoms with van der Waals surface area (Å²) in [5.74, 6) is 1.23. The van der Waals surface area contributed by atoms with Gasteiger partial charge in [-0.2, -0.15) is 0 Å². The average molecular weight is 292 g/mol. The summed E-state index contributed by atoms with van der Waals surface area (Å²) >= 11 is 0. The second-order valence-electron chi connectivity index (χ2n) is 5.49. The van der Waals surface area contributed by atoms with Crippen LogP contribution >= 0.6 is 0 Å². The van der Waals surface area contributed by atoms with Crippen LogP contribution in [0.15, 0.2) is 24.3 Å². The summed E-state index contributed by atoms with van der Waals surface area (Å²) in [7, 11) is 1.66. The number of urea groups is 1. The quantitative estimate of drug-likeness (QED) is 0.907. The topological polar surface area (TPSA) is 50.8 Å². The molecule has 1 aromatic rings. The number of hydrogen-bond acceptors (Lipinski definition) is 3. The molecule has 1 unspecified atom stereocenters. The summed E-state index contributed by atoms with van der Waals surface area (Å²) in [5.41, 5.74) is 1.24. The zero-order chi connectivity index (χ0) is 15.1. The van der Waals surface area contributed by atoms with Crippen LogP contribution < -0.4 is 10.1 Å². The Labute approximate surface area is 126 Å². The Morgan fingerprint density at radius 2 is 2.14 bits per heavy atom. The van der Waals surface area contributed by atoms with Gasteiger partial charge < -0.3 is 10.1 Å². The fourth-order valence-electron chi connectivity index (χ4n) is 2.34. The molecule has 21 heavy (non-hydrogen) atoms. The van der Waals surface area contributed by atoms with E-state index in [1.807, 2.05) is 12.1 Å². The fourth-order valence-corrected chi connectivity index (χ4v) is 2.34. The van der Waals surface area contributed by atoms with Crippen LogP contribution in [0.4, 0.5) is 4.79 Å². The van der Waals surface area contributed by atoms with Gasteiger partial charge in [0.05, 0.1) is 20.3 Å². The molecule has 2 rings (SSSR count). The van der Waals surface area contributed by atoms with E-state index >= 15 is 0 Å². The lowest BCUT2D eigenvalue weighted by molar-refractivity contribution is -0.139. The van der Waals surface area contributed by atoms with Gasteiger partial charge in [-0.1, -0.05) is 19.1 Å². The lowest BCUT2D eigenvalue weighted by atomic mass is 10.0. The lowest BCUT2D eigenvalue weighted by Crippen LogP contribution is -2.44. The molecule has 0 radical (unpaired) electrons. The molecule has 1 heterocycles. The van der Waals surface area contributed by atoms with Crippen molar-refractivity contribution >= 4 is 6.03 Å². The largest absolute Gasteiger partial charge is 0.497 e. The van der Waals surface area contributed by atoms with Crippen molar-refractivity contribution in [1.29, 1.82) is 0 Å². The van der Waals surface area contributed by atoms with Gasteiger partial charge in [0.2, 0.25) is 0 Å². The maximum Gasteiger partial charge on any atom is 0.341 e. The summed E-state index contributed by atoms with van der Waals surface area (Å²) in [6.07, 6.45) is 2.96. The smallest absolute Gasteiger partial charge is 0.341 e. The van der Waals surface area contributed by atoms with Crippen LogP contribution in [0.3, 0.4) is 0 Å². The predicted octanol–water partition coefficient (Wildman–Crippen LogP) is 2.61. The number of ether oxygens (including phenoxy) is 1. The molecule has 0 saturated carbocycles. The summed E-state index contributed by atoms with van der Waals surface area (Å²) in [6.45, 7) is 4.08. The number of carbonyl (C=O) groups is 1. The number of amides is 2. The molecule has 2 amide bonds. The Hall–Kier alpha value is -1.75. The second-order valence-corrected chi connectivity index (χ2v) is 5.49. The molecule has 1 aliphatic heterocycles. The van der Waals surface area contributed by atoms with Crippen molar-refractivity contribution in [2.75, 3.05) is 26.8 Å². The van der Waals surface area contributed by atoms with Gasteiger partial charge in [0.1, 0.15) is 5.75 Å². The van der Waals surface area contributed by atoms with Crippen LogP contribution in [0, 0.1) is 5.92 Å². The van der Waals surface area contributed by atoms with E-state index in [0.29, 0.717) is 25.6 Å². The molecule has 1 aliphatic rings. The van der Waals surface area contributed by atoms with E-state index in [0.717, 1.165) is 25.0 Å². The van der Waals surface area contributed by atoms with Gasteiger partial charge in [-0.25, -0.2) is 9.86 Å². The highest BCUT2D eigenvalue weighted by Gasteiger charge is 2.17. The minimum Gasteiger partial charge on any atom is -0.497 e. The number of rotatable bonds is 5. The van der Waals surface area contributed by atoms with Crippen LogP contribution in [0.2, 0.25) is 0 Å². The molecule has 5 heteroatoms. The van der Waals surface area contributed by atoms with E-state index in [1.54, 1.807) is 7.11 Å². The second kappa shape index (κ2) is 7.88. The number of hydroxylamine groups is 2. The Balaban J connectivity index is 1.73. The highest BCUT2D eigenvalue weighted by Crippen LogP contribution is 2.14. The molecular weight excluding hydrogens is 268 g/mol. The van der Waals surface area contributed by atoms with Crippen LogP contribution in [0.25, 0.3) is 0 Å². The average Bonchev–Trinajstić information content (AvgIpc) is 2.54. The molecule has 0 bridgehead atoms. The lowest BCUT2D eigenvalue weighted by Gasteiger charge is -2.26. The normalized spacial score (nSPS) is 16.4. The number of nitrogens with one attached hydrogen (secondary N) is 1. The van der Waals surface area contributed by atoms with Gasteiger partial charge in [-0.05, 0) is 42.9 Å². The van der Waals surface area contributed by atoms with Crippen molar-refractivity contribution in [3.05, 3.63) is 29.8 Å². The zero-order valence-corrected chi connectivity index (χ0v) is 12.8. The highest BCUT2D eigenvalue weighted by molar-refractivity contribution is 5.73. The van der Waals surface area contributed by atoms with E-state index in [2.05, 4.69) is 24.4 Å². The zero-order valence-electron chi connectivity index (χ0n) is 12.8. The van der Waals surface area contributed by atoms with Gasteiger partial charge >= 0.3 is 6.03 Å². The van der Waals surface area contributed by atoms with Crippen molar-refractivity contribution in [2.24, 2.45) is 5.92 Å².